The molecule has 0 aliphatic carbocycles. The summed E-state index contributed by atoms with van der Waals surface area (Å²) < 4.78 is 1.81. The summed E-state index contributed by atoms with van der Waals surface area (Å²) in [7, 11) is 1.93. The quantitative estimate of drug-likeness (QED) is 0.926. The minimum absolute atomic E-state index is 0.0361. The van der Waals surface area contributed by atoms with Gasteiger partial charge in [-0.1, -0.05) is 24.3 Å². The molecule has 2 aromatic rings. The van der Waals surface area contributed by atoms with Gasteiger partial charge in [0.2, 0.25) is 0 Å². The van der Waals surface area contributed by atoms with Crippen LogP contribution in [-0.2, 0) is 20.0 Å². The second-order valence-corrected chi connectivity index (χ2v) is 5.66. The molecule has 106 valence electrons. The molecule has 1 aliphatic heterocycles. The van der Waals surface area contributed by atoms with Crippen LogP contribution in [0.1, 0.15) is 29.2 Å². The molecule has 1 atom stereocenters. The summed E-state index contributed by atoms with van der Waals surface area (Å²) in [4.78, 5) is 2.46. The Balaban J connectivity index is 1.69. The Kier molecular flexibility index (Phi) is 3.85. The maximum absolute atomic E-state index is 6.32. The van der Waals surface area contributed by atoms with E-state index in [-0.39, 0.29) is 6.04 Å². The highest BCUT2D eigenvalue weighted by molar-refractivity contribution is 5.28. The van der Waals surface area contributed by atoms with Gasteiger partial charge in [0.05, 0.1) is 6.20 Å². The van der Waals surface area contributed by atoms with Crippen LogP contribution in [0.4, 0.5) is 0 Å². The number of aryl methyl sites for hydroxylation is 2. The van der Waals surface area contributed by atoms with Gasteiger partial charge in [-0.25, -0.2) is 0 Å². The SMILES string of the molecule is Cn1cc(C(N)CN2CCCc3ccccc3C2)cn1. The summed E-state index contributed by atoms with van der Waals surface area (Å²) in [5.41, 5.74) is 10.4. The third-order valence-electron chi connectivity index (χ3n) is 4.04. The third-order valence-corrected chi connectivity index (χ3v) is 4.04. The summed E-state index contributed by atoms with van der Waals surface area (Å²) >= 11 is 0. The monoisotopic (exact) mass is 270 g/mol. The molecule has 1 aliphatic rings. The van der Waals surface area contributed by atoms with Crippen LogP contribution in [0.15, 0.2) is 36.7 Å². The molecule has 0 amide bonds. The maximum atomic E-state index is 6.32. The predicted octanol–water partition coefficient (Wildman–Crippen LogP) is 1.87. The lowest BCUT2D eigenvalue weighted by Crippen LogP contribution is -2.32. The first kappa shape index (κ1) is 13.3. The van der Waals surface area contributed by atoms with E-state index in [1.54, 1.807) is 0 Å². The Hall–Kier alpha value is -1.65. The van der Waals surface area contributed by atoms with E-state index in [1.165, 1.54) is 24.0 Å². The molecule has 0 saturated heterocycles. The van der Waals surface area contributed by atoms with E-state index in [0.717, 1.165) is 25.2 Å². The number of hydrogen-bond acceptors (Lipinski definition) is 3. The fourth-order valence-electron chi connectivity index (χ4n) is 2.94. The van der Waals surface area contributed by atoms with E-state index in [0.29, 0.717) is 0 Å². The highest BCUT2D eigenvalue weighted by atomic mass is 15.2. The summed E-state index contributed by atoms with van der Waals surface area (Å²) in [5.74, 6) is 0. The number of benzene rings is 1. The van der Waals surface area contributed by atoms with E-state index >= 15 is 0 Å². The molecule has 2 heterocycles. The van der Waals surface area contributed by atoms with Crippen molar-refractivity contribution >= 4 is 0 Å². The van der Waals surface area contributed by atoms with Gasteiger partial charge in [-0.3, -0.25) is 9.58 Å². The van der Waals surface area contributed by atoms with E-state index in [9.17, 15) is 0 Å². The van der Waals surface area contributed by atoms with Crippen molar-refractivity contribution in [1.82, 2.24) is 14.7 Å². The molecular formula is C16H22N4. The van der Waals surface area contributed by atoms with Crippen LogP contribution >= 0.6 is 0 Å². The smallest absolute Gasteiger partial charge is 0.0537 e. The lowest BCUT2D eigenvalue weighted by Gasteiger charge is -2.23. The number of aromatic nitrogens is 2. The van der Waals surface area contributed by atoms with Crippen molar-refractivity contribution in [3.8, 4) is 0 Å². The molecule has 0 spiro atoms. The van der Waals surface area contributed by atoms with Crippen LogP contribution in [0.25, 0.3) is 0 Å². The van der Waals surface area contributed by atoms with E-state index < -0.39 is 0 Å². The first-order valence-corrected chi connectivity index (χ1v) is 7.25. The Bertz CT molecular complexity index is 575. The van der Waals surface area contributed by atoms with E-state index in [1.807, 2.05) is 24.1 Å². The Labute approximate surface area is 120 Å². The highest BCUT2D eigenvalue weighted by Gasteiger charge is 2.17. The second kappa shape index (κ2) is 5.77. The number of rotatable bonds is 3. The first-order valence-electron chi connectivity index (χ1n) is 7.25. The zero-order valence-corrected chi connectivity index (χ0v) is 12.0. The molecule has 2 N–H and O–H groups in total. The molecule has 3 rings (SSSR count). The Morgan fingerprint density at radius 1 is 1.30 bits per heavy atom. The Morgan fingerprint density at radius 2 is 2.10 bits per heavy atom. The number of nitrogens with two attached hydrogens (primary N) is 1. The van der Waals surface area contributed by atoms with Crippen molar-refractivity contribution in [3.63, 3.8) is 0 Å². The highest BCUT2D eigenvalue weighted by Crippen LogP contribution is 2.20. The van der Waals surface area contributed by atoms with Crippen LogP contribution < -0.4 is 5.73 Å². The summed E-state index contributed by atoms with van der Waals surface area (Å²) in [6.07, 6.45) is 6.26. The summed E-state index contributed by atoms with van der Waals surface area (Å²) in [6, 6.07) is 8.79. The van der Waals surface area contributed by atoms with Crippen molar-refractivity contribution in [2.45, 2.75) is 25.4 Å². The van der Waals surface area contributed by atoms with Gasteiger partial charge in [-0.2, -0.15) is 5.10 Å². The topological polar surface area (TPSA) is 47.1 Å². The molecule has 0 radical (unpaired) electrons. The van der Waals surface area contributed by atoms with Crippen LogP contribution in [0.3, 0.4) is 0 Å². The fraction of sp³-hybridized carbons (Fsp3) is 0.438. The lowest BCUT2D eigenvalue weighted by molar-refractivity contribution is 0.253. The third kappa shape index (κ3) is 2.92. The van der Waals surface area contributed by atoms with Gasteiger partial charge < -0.3 is 5.73 Å². The molecule has 20 heavy (non-hydrogen) atoms. The standard InChI is InChI=1S/C16H22N4/c1-19-10-15(9-18-19)16(17)12-20-8-4-7-13-5-2-3-6-14(13)11-20/h2-3,5-6,9-10,16H,4,7-8,11-12,17H2,1H3. The molecule has 0 bridgehead atoms. The largest absolute Gasteiger partial charge is 0.323 e. The molecule has 0 fully saturated rings. The zero-order valence-electron chi connectivity index (χ0n) is 12.0. The van der Waals surface area contributed by atoms with Gasteiger partial charge in [-0.15, -0.1) is 0 Å². The van der Waals surface area contributed by atoms with Crippen LogP contribution in [0, 0.1) is 0 Å². The van der Waals surface area contributed by atoms with Crippen LogP contribution in [0.5, 0.6) is 0 Å². The summed E-state index contributed by atoms with van der Waals surface area (Å²) in [6.45, 7) is 3.01. The number of nitrogens with zero attached hydrogens (tertiary/aromatic N) is 3. The molecular weight excluding hydrogens is 248 g/mol. The molecule has 4 nitrogen and oxygen atoms in total. The Morgan fingerprint density at radius 3 is 2.85 bits per heavy atom. The van der Waals surface area contributed by atoms with Crippen molar-refractivity contribution in [2.75, 3.05) is 13.1 Å². The fourth-order valence-corrected chi connectivity index (χ4v) is 2.94. The van der Waals surface area contributed by atoms with Gasteiger partial charge in [0.15, 0.2) is 0 Å². The minimum Gasteiger partial charge on any atom is -0.323 e. The lowest BCUT2D eigenvalue weighted by atomic mass is 10.0. The molecule has 1 aromatic heterocycles. The van der Waals surface area contributed by atoms with Crippen molar-refractivity contribution in [2.24, 2.45) is 12.8 Å². The van der Waals surface area contributed by atoms with E-state index in [4.69, 9.17) is 5.73 Å². The van der Waals surface area contributed by atoms with Crippen molar-refractivity contribution in [1.29, 1.82) is 0 Å². The van der Waals surface area contributed by atoms with Gasteiger partial charge in [0.1, 0.15) is 0 Å². The van der Waals surface area contributed by atoms with Crippen molar-refractivity contribution in [3.05, 3.63) is 53.3 Å². The first-order chi connectivity index (χ1) is 9.72. The van der Waals surface area contributed by atoms with Crippen LogP contribution in [0.2, 0.25) is 0 Å². The molecule has 1 unspecified atom stereocenters. The maximum Gasteiger partial charge on any atom is 0.0537 e. The van der Waals surface area contributed by atoms with Gasteiger partial charge in [0.25, 0.3) is 0 Å². The van der Waals surface area contributed by atoms with E-state index in [2.05, 4.69) is 34.3 Å². The second-order valence-electron chi connectivity index (χ2n) is 5.66. The van der Waals surface area contributed by atoms with Crippen molar-refractivity contribution < 1.29 is 0 Å². The van der Waals surface area contributed by atoms with Gasteiger partial charge in [-0.05, 0) is 30.5 Å². The van der Waals surface area contributed by atoms with Gasteiger partial charge >= 0.3 is 0 Å². The minimum atomic E-state index is 0.0361. The molecule has 4 heteroatoms. The average molecular weight is 270 g/mol. The summed E-state index contributed by atoms with van der Waals surface area (Å²) in [5, 5.41) is 4.20. The number of fused-ring (bicyclic) bond motifs is 1. The normalized spacial score (nSPS) is 17.5. The zero-order chi connectivity index (χ0) is 13.9. The predicted molar refractivity (Wildman–Crippen MR) is 80.2 cm³/mol. The molecule has 0 saturated carbocycles. The number of hydrogen-bond donors (Lipinski definition) is 1. The average Bonchev–Trinajstić information content (AvgIpc) is 2.77. The van der Waals surface area contributed by atoms with Gasteiger partial charge in [0, 0.05) is 37.9 Å². The molecule has 1 aromatic carbocycles. The van der Waals surface area contributed by atoms with Crippen LogP contribution in [-0.4, -0.2) is 27.8 Å².